The molecule has 0 unspecified atom stereocenters. The van der Waals surface area contributed by atoms with Crippen molar-refractivity contribution in [3.05, 3.63) is 28.1 Å². The van der Waals surface area contributed by atoms with Gasteiger partial charge in [-0.1, -0.05) is 0 Å². The third-order valence-corrected chi connectivity index (χ3v) is 4.93. The van der Waals surface area contributed by atoms with Crippen LogP contribution in [0.25, 0.3) is 0 Å². The number of ether oxygens (including phenoxy) is 1. The summed E-state index contributed by atoms with van der Waals surface area (Å²) in [5, 5.41) is 10.1. The van der Waals surface area contributed by atoms with Crippen LogP contribution in [0.15, 0.2) is 12.1 Å². The summed E-state index contributed by atoms with van der Waals surface area (Å²) >= 11 is 5.29. The second-order valence-corrected chi connectivity index (χ2v) is 7.21. The molecule has 0 saturated heterocycles. The van der Waals surface area contributed by atoms with E-state index in [4.69, 9.17) is 16.3 Å². The van der Waals surface area contributed by atoms with Gasteiger partial charge >= 0.3 is 5.69 Å². The van der Waals surface area contributed by atoms with Crippen LogP contribution in [0.2, 0.25) is 0 Å². The number of rotatable bonds is 6. The minimum Gasteiger partial charge on any atom is -0.488 e. The lowest BCUT2D eigenvalue weighted by molar-refractivity contribution is -0.387. The van der Waals surface area contributed by atoms with E-state index in [1.165, 1.54) is 0 Å². The Bertz CT molecular complexity index is 676. The number of sulfonamides is 1. The fourth-order valence-electron chi connectivity index (χ4n) is 2.24. The molecule has 0 spiro atoms. The molecule has 0 aliphatic heterocycles. The number of benzene rings is 1. The zero-order valence-electron chi connectivity index (χ0n) is 11.4. The maximum Gasteiger partial charge on any atom is 0.308 e. The Labute approximate surface area is 131 Å². The smallest absolute Gasteiger partial charge is 0.308 e. The number of nitro groups is 1. The summed E-state index contributed by atoms with van der Waals surface area (Å²) in [5.41, 5.74) is -0.975. The van der Waals surface area contributed by atoms with Gasteiger partial charge in [0, 0.05) is 6.07 Å². The van der Waals surface area contributed by atoms with Gasteiger partial charge in [-0.3, -0.25) is 14.8 Å². The van der Waals surface area contributed by atoms with Crippen molar-refractivity contribution in [1.29, 1.82) is 0 Å². The maximum atomic E-state index is 13.7. The van der Waals surface area contributed by atoms with Gasteiger partial charge in [0.1, 0.15) is 5.21 Å². The Balaban J connectivity index is 2.40. The normalized spacial score (nSPS) is 15.7. The van der Waals surface area contributed by atoms with Crippen molar-refractivity contribution in [2.45, 2.75) is 31.8 Å². The number of hydrogen-bond acceptors (Lipinski definition) is 5. The number of nitro benzene ring substituents is 1. The molecule has 0 amide bonds. The lowest BCUT2D eigenvalue weighted by atomic mass is 10.2. The van der Waals surface area contributed by atoms with E-state index in [0.29, 0.717) is 0 Å². The van der Waals surface area contributed by atoms with Crippen molar-refractivity contribution in [2.24, 2.45) is 0 Å². The summed E-state index contributed by atoms with van der Waals surface area (Å²) in [5.74, 6) is -1.23. The standard InChI is InChI=1S/C12H14ClFN2O5S/c13-7-22(19,20)15-10-5-9(14)11(16(17)18)6-12(10)21-8-3-1-2-4-8/h5-6,8,15H,1-4,7H2. The average Bonchev–Trinajstić information content (AvgIpc) is 2.94. The molecular weight excluding hydrogens is 339 g/mol. The van der Waals surface area contributed by atoms with Gasteiger partial charge in [-0.05, 0) is 25.7 Å². The van der Waals surface area contributed by atoms with Crippen molar-refractivity contribution in [2.75, 3.05) is 9.93 Å². The molecule has 122 valence electrons. The molecule has 22 heavy (non-hydrogen) atoms. The minimum atomic E-state index is -3.88. The minimum absolute atomic E-state index is 0.0753. The zero-order valence-corrected chi connectivity index (χ0v) is 13.0. The molecule has 1 fully saturated rings. The molecule has 7 nitrogen and oxygen atoms in total. The first kappa shape index (κ1) is 16.8. The molecule has 1 aromatic rings. The van der Waals surface area contributed by atoms with Gasteiger partial charge in [-0.2, -0.15) is 4.39 Å². The fourth-order valence-corrected chi connectivity index (χ4v) is 2.95. The fraction of sp³-hybridized carbons (Fsp3) is 0.500. The molecular formula is C12H14ClFN2O5S. The first-order chi connectivity index (χ1) is 10.3. The summed E-state index contributed by atoms with van der Waals surface area (Å²) in [6.45, 7) is 0. The Morgan fingerprint density at radius 1 is 1.41 bits per heavy atom. The maximum absolute atomic E-state index is 13.7. The van der Waals surface area contributed by atoms with Crippen LogP contribution in [0.4, 0.5) is 15.8 Å². The largest absolute Gasteiger partial charge is 0.488 e. The van der Waals surface area contributed by atoms with Crippen molar-refractivity contribution in [1.82, 2.24) is 0 Å². The number of nitrogens with zero attached hydrogens (tertiary/aromatic N) is 1. The van der Waals surface area contributed by atoms with Crippen LogP contribution in [0.3, 0.4) is 0 Å². The van der Waals surface area contributed by atoms with E-state index < -0.39 is 31.7 Å². The van der Waals surface area contributed by atoms with E-state index in [1.54, 1.807) is 0 Å². The SMILES string of the molecule is O=[N+]([O-])c1cc(OC2CCCC2)c(NS(=O)(=O)CCl)cc1F. The van der Waals surface area contributed by atoms with E-state index in [9.17, 15) is 22.9 Å². The van der Waals surface area contributed by atoms with Gasteiger partial charge in [0.15, 0.2) is 5.75 Å². The van der Waals surface area contributed by atoms with Crippen LogP contribution in [0.5, 0.6) is 5.75 Å². The molecule has 1 N–H and O–H groups in total. The predicted octanol–water partition coefficient (Wildman–Crippen LogP) is 2.99. The molecule has 1 aliphatic carbocycles. The summed E-state index contributed by atoms with van der Waals surface area (Å²) < 4.78 is 44.4. The lowest BCUT2D eigenvalue weighted by Crippen LogP contribution is -2.17. The van der Waals surface area contributed by atoms with Gasteiger partial charge in [-0.15, -0.1) is 11.6 Å². The van der Waals surface area contributed by atoms with E-state index in [1.807, 2.05) is 0 Å². The average molecular weight is 353 g/mol. The molecule has 2 rings (SSSR count). The topological polar surface area (TPSA) is 98.5 Å². The van der Waals surface area contributed by atoms with Crippen LogP contribution >= 0.6 is 11.6 Å². The summed E-state index contributed by atoms with van der Waals surface area (Å²) in [4.78, 5) is 9.92. The molecule has 0 heterocycles. The Morgan fingerprint density at radius 3 is 2.59 bits per heavy atom. The van der Waals surface area contributed by atoms with Gasteiger partial charge in [0.2, 0.25) is 15.8 Å². The van der Waals surface area contributed by atoms with E-state index >= 15 is 0 Å². The van der Waals surface area contributed by atoms with Crippen molar-refractivity contribution < 1.29 is 22.5 Å². The highest BCUT2D eigenvalue weighted by Gasteiger charge is 2.25. The number of halogens is 2. The second-order valence-electron chi connectivity index (χ2n) is 4.91. The molecule has 0 atom stereocenters. The Kier molecular flexibility index (Phi) is 5.07. The lowest BCUT2D eigenvalue weighted by Gasteiger charge is -2.17. The van der Waals surface area contributed by atoms with Gasteiger partial charge in [0.05, 0.1) is 22.8 Å². The first-order valence-corrected chi connectivity index (χ1v) is 8.72. The molecule has 1 aliphatic rings. The van der Waals surface area contributed by atoms with Crippen molar-refractivity contribution >= 4 is 33.0 Å². The second kappa shape index (κ2) is 6.66. The quantitative estimate of drug-likeness (QED) is 0.482. The summed E-state index contributed by atoms with van der Waals surface area (Å²) in [6, 6.07) is 1.62. The summed E-state index contributed by atoms with van der Waals surface area (Å²) in [7, 11) is -3.88. The number of alkyl halides is 1. The van der Waals surface area contributed by atoms with E-state index in [-0.39, 0.29) is 17.5 Å². The Morgan fingerprint density at radius 2 is 2.05 bits per heavy atom. The van der Waals surface area contributed by atoms with Gasteiger partial charge in [-0.25, -0.2) is 8.42 Å². The van der Waals surface area contributed by atoms with Gasteiger partial charge in [0.25, 0.3) is 0 Å². The molecule has 0 bridgehead atoms. The number of anilines is 1. The summed E-state index contributed by atoms with van der Waals surface area (Å²) in [6.07, 6.45) is 3.25. The molecule has 1 aromatic carbocycles. The number of nitrogens with one attached hydrogen (secondary N) is 1. The van der Waals surface area contributed by atoms with Gasteiger partial charge < -0.3 is 4.74 Å². The monoisotopic (exact) mass is 352 g/mol. The Hall–Kier alpha value is -1.61. The zero-order chi connectivity index (χ0) is 16.3. The van der Waals surface area contributed by atoms with Crippen molar-refractivity contribution in [3.63, 3.8) is 0 Å². The molecule has 10 heteroatoms. The highest BCUT2D eigenvalue weighted by atomic mass is 35.5. The van der Waals surface area contributed by atoms with Crippen LogP contribution < -0.4 is 9.46 Å². The van der Waals surface area contributed by atoms with Crippen LogP contribution in [0, 0.1) is 15.9 Å². The molecule has 1 saturated carbocycles. The first-order valence-electron chi connectivity index (χ1n) is 6.53. The van der Waals surface area contributed by atoms with Crippen molar-refractivity contribution in [3.8, 4) is 5.75 Å². The molecule has 0 aromatic heterocycles. The highest BCUT2D eigenvalue weighted by molar-refractivity contribution is 7.93. The number of hydrogen-bond donors (Lipinski definition) is 1. The third-order valence-electron chi connectivity index (χ3n) is 3.25. The van der Waals surface area contributed by atoms with E-state index in [2.05, 4.69) is 4.72 Å². The van der Waals surface area contributed by atoms with Crippen LogP contribution in [-0.2, 0) is 10.0 Å². The van der Waals surface area contributed by atoms with Crippen LogP contribution in [0.1, 0.15) is 25.7 Å². The third kappa shape index (κ3) is 3.98. The van der Waals surface area contributed by atoms with E-state index in [0.717, 1.165) is 37.8 Å². The van der Waals surface area contributed by atoms with Crippen LogP contribution in [-0.4, -0.2) is 24.7 Å². The highest BCUT2D eigenvalue weighted by Crippen LogP contribution is 2.35. The molecule has 0 radical (unpaired) electrons. The predicted molar refractivity (Wildman–Crippen MR) is 79.2 cm³/mol.